The topological polar surface area (TPSA) is 127 Å². The third kappa shape index (κ3) is 3.64. The minimum absolute atomic E-state index is 0.194. The molecule has 1 atom stereocenters. The Bertz CT molecular complexity index is 1020. The molecule has 3 aromatic rings. The smallest absolute Gasteiger partial charge is 0.250 e. The summed E-state index contributed by atoms with van der Waals surface area (Å²) in [4.78, 5) is 34.6. The first kappa shape index (κ1) is 16.6. The van der Waals surface area contributed by atoms with Gasteiger partial charge in [0, 0.05) is 35.7 Å². The molecule has 8 heteroatoms. The lowest BCUT2D eigenvalue weighted by molar-refractivity contribution is -0.113. The van der Waals surface area contributed by atoms with Crippen LogP contribution in [0.25, 0.3) is 28.5 Å². The molecular formula is C17H17N5O3. The number of nitrogens with two attached hydrogens (primary N) is 1. The maximum Gasteiger partial charge on any atom is 0.250 e. The minimum atomic E-state index is -0.642. The maximum atomic E-state index is 11.9. The van der Waals surface area contributed by atoms with Crippen molar-refractivity contribution in [1.29, 1.82) is 0 Å². The van der Waals surface area contributed by atoms with Gasteiger partial charge in [0.25, 0.3) is 5.56 Å². The summed E-state index contributed by atoms with van der Waals surface area (Å²) in [5.41, 5.74) is 8.02. The van der Waals surface area contributed by atoms with Crippen LogP contribution >= 0.6 is 0 Å². The van der Waals surface area contributed by atoms with Gasteiger partial charge < -0.3 is 20.4 Å². The van der Waals surface area contributed by atoms with Gasteiger partial charge in [-0.05, 0) is 19.1 Å². The second-order valence-corrected chi connectivity index (χ2v) is 5.69. The number of aromatic amines is 1. The highest BCUT2D eigenvalue weighted by Crippen LogP contribution is 2.21. The van der Waals surface area contributed by atoms with Gasteiger partial charge in [-0.3, -0.25) is 9.59 Å². The van der Waals surface area contributed by atoms with Crippen LogP contribution in [0.1, 0.15) is 12.5 Å². The second-order valence-electron chi connectivity index (χ2n) is 5.69. The summed E-state index contributed by atoms with van der Waals surface area (Å²) in [6.07, 6.45) is 7.08. The molecule has 3 aromatic heterocycles. The third-order valence-electron chi connectivity index (χ3n) is 3.58. The van der Waals surface area contributed by atoms with Gasteiger partial charge in [0.15, 0.2) is 5.65 Å². The van der Waals surface area contributed by atoms with E-state index >= 15 is 0 Å². The lowest BCUT2D eigenvalue weighted by Gasteiger charge is -2.09. The number of rotatable bonds is 5. The Morgan fingerprint density at radius 1 is 1.48 bits per heavy atom. The number of hydrogen-bond acceptors (Lipinski definition) is 5. The number of aliphatic hydroxyl groups is 1. The number of fused-ring (bicyclic) bond motifs is 1. The van der Waals surface area contributed by atoms with E-state index in [-0.39, 0.29) is 12.1 Å². The van der Waals surface area contributed by atoms with Gasteiger partial charge in [-0.15, -0.1) is 0 Å². The highest BCUT2D eigenvalue weighted by molar-refractivity contribution is 5.93. The predicted octanol–water partition coefficient (Wildman–Crippen LogP) is 0.666. The van der Waals surface area contributed by atoms with E-state index in [4.69, 9.17) is 5.73 Å². The Hall–Kier alpha value is -3.26. The molecule has 8 nitrogen and oxygen atoms in total. The first-order valence-corrected chi connectivity index (χ1v) is 7.64. The SMILES string of the molecule is C[C@@H](O)Cn1cc(-c2cnc3[nH]cc(/C=C/C(N)=O)c3n2)ccc1=O. The average Bonchev–Trinajstić information content (AvgIpc) is 2.97. The molecular weight excluding hydrogens is 322 g/mol. The zero-order valence-corrected chi connectivity index (χ0v) is 13.5. The number of nitrogens with zero attached hydrogens (tertiary/aromatic N) is 3. The lowest BCUT2D eigenvalue weighted by atomic mass is 10.2. The standard InChI is InChI=1S/C17H17N5O3/c1-10(23)8-22-9-12(3-5-15(22)25)13-7-20-17-16(21-13)11(6-19-17)2-4-14(18)24/h2-7,9-10,23H,8H2,1H3,(H2,18,24)(H,19,20)/b4-2+/t10-/m1/s1. The molecule has 1 amide bonds. The Labute approximate surface area is 142 Å². The average molecular weight is 339 g/mol. The predicted molar refractivity (Wildman–Crippen MR) is 93.5 cm³/mol. The number of amides is 1. The van der Waals surface area contributed by atoms with Crippen molar-refractivity contribution < 1.29 is 9.90 Å². The fraction of sp³-hybridized carbons (Fsp3) is 0.176. The van der Waals surface area contributed by atoms with Crippen molar-refractivity contribution in [3.63, 3.8) is 0 Å². The summed E-state index contributed by atoms with van der Waals surface area (Å²) in [6.45, 7) is 1.81. The summed E-state index contributed by atoms with van der Waals surface area (Å²) in [6, 6.07) is 3.08. The van der Waals surface area contributed by atoms with Crippen molar-refractivity contribution in [3.8, 4) is 11.3 Å². The second kappa shape index (κ2) is 6.70. The summed E-state index contributed by atoms with van der Waals surface area (Å²) in [7, 11) is 0. The summed E-state index contributed by atoms with van der Waals surface area (Å²) in [5, 5.41) is 9.51. The molecule has 0 aliphatic carbocycles. The molecule has 4 N–H and O–H groups in total. The van der Waals surface area contributed by atoms with Crippen LogP contribution in [0.5, 0.6) is 0 Å². The molecule has 3 rings (SSSR count). The van der Waals surface area contributed by atoms with E-state index in [1.165, 1.54) is 16.7 Å². The highest BCUT2D eigenvalue weighted by atomic mass is 16.3. The normalized spacial score (nSPS) is 12.7. The molecule has 0 aliphatic heterocycles. The summed E-state index contributed by atoms with van der Waals surface area (Å²) < 4.78 is 1.43. The number of aromatic nitrogens is 4. The molecule has 0 saturated carbocycles. The third-order valence-corrected chi connectivity index (χ3v) is 3.58. The van der Waals surface area contributed by atoms with E-state index in [9.17, 15) is 14.7 Å². The van der Waals surface area contributed by atoms with Gasteiger partial charge in [-0.2, -0.15) is 0 Å². The van der Waals surface area contributed by atoms with Crippen molar-refractivity contribution >= 4 is 23.1 Å². The molecule has 0 aromatic carbocycles. The summed E-state index contributed by atoms with van der Waals surface area (Å²) >= 11 is 0. The lowest BCUT2D eigenvalue weighted by Crippen LogP contribution is -2.24. The molecule has 0 aliphatic rings. The molecule has 0 spiro atoms. The first-order chi connectivity index (χ1) is 11.9. The molecule has 0 fully saturated rings. The van der Waals surface area contributed by atoms with E-state index in [0.29, 0.717) is 28.0 Å². The number of pyridine rings is 1. The van der Waals surface area contributed by atoms with Crippen LogP contribution in [0.15, 0.2) is 41.6 Å². The van der Waals surface area contributed by atoms with E-state index in [0.717, 1.165) is 0 Å². The molecule has 25 heavy (non-hydrogen) atoms. The molecule has 0 bridgehead atoms. The molecule has 0 unspecified atom stereocenters. The van der Waals surface area contributed by atoms with Gasteiger partial charge in [0.05, 0.1) is 24.5 Å². The zero-order chi connectivity index (χ0) is 18.0. The van der Waals surface area contributed by atoms with Crippen LogP contribution in [0.3, 0.4) is 0 Å². The van der Waals surface area contributed by atoms with E-state index in [1.807, 2.05) is 0 Å². The van der Waals surface area contributed by atoms with Crippen LogP contribution < -0.4 is 11.3 Å². The van der Waals surface area contributed by atoms with Crippen molar-refractivity contribution in [3.05, 3.63) is 52.7 Å². The van der Waals surface area contributed by atoms with E-state index in [2.05, 4.69) is 15.0 Å². The Balaban J connectivity index is 2.05. The van der Waals surface area contributed by atoms with E-state index in [1.54, 1.807) is 37.7 Å². The number of hydrogen-bond donors (Lipinski definition) is 3. The number of primary amides is 1. The van der Waals surface area contributed by atoms with Crippen molar-refractivity contribution in [1.82, 2.24) is 19.5 Å². The highest BCUT2D eigenvalue weighted by Gasteiger charge is 2.09. The van der Waals surface area contributed by atoms with Crippen molar-refractivity contribution in [2.75, 3.05) is 0 Å². The van der Waals surface area contributed by atoms with Gasteiger partial charge >= 0.3 is 0 Å². The van der Waals surface area contributed by atoms with Crippen LogP contribution in [0, 0.1) is 0 Å². The molecule has 128 valence electrons. The number of carbonyl (C=O) groups is 1. The quantitative estimate of drug-likeness (QED) is 0.589. The Morgan fingerprint density at radius 2 is 2.28 bits per heavy atom. The van der Waals surface area contributed by atoms with Gasteiger partial charge in [-0.1, -0.05) is 0 Å². The van der Waals surface area contributed by atoms with E-state index < -0.39 is 12.0 Å². The Morgan fingerprint density at radius 3 is 3.00 bits per heavy atom. The maximum absolute atomic E-state index is 11.9. The summed E-state index contributed by atoms with van der Waals surface area (Å²) in [5.74, 6) is -0.552. The van der Waals surface area contributed by atoms with Crippen LogP contribution in [0.4, 0.5) is 0 Å². The molecule has 0 radical (unpaired) electrons. The zero-order valence-electron chi connectivity index (χ0n) is 13.5. The van der Waals surface area contributed by atoms with Gasteiger partial charge in [0.2, 0.25) is 5.91 Å². The monoisotopic (exact) mass is 339 g/mol. The van der Waals surface area contributed by atoms with Crippen molar-refractivity contribution in [2.45, 2.75) is 19.6 Å². The van der Waals surface area contributed by atoms with Gasteiger partial charge in [0.1, 0.15) is 5.52 Å². The van der Waals surface area contributed by atoms with Crippen LogP contribution in [-0.4, -0.2) is 36.6 Å². The number of carbonyl (C=O) groups excluding carboxylic acids is 1. The van der Waals surface area contributed by atoms with Crippen molar-refractivity contribution in [2.24, 2.45) is 5.73 Å². The Kier molecular flexibility index (Phi) is 4.44. The fourth-order valence-corrected chi connectivity index (χ4v) is 2.46. The number of aliphatic hydroxyl groups excluding tert-OH is 1. The fourth-order valence-electron chi connectivity index (χ4n) is 2.46. The van der Waals surface area contributed by atoms with Crippen LogP contribution in [0.2, 0.25) is 0 Å². The largest absolute Gasteiger partial charge is 0.392 e. The number of H-pyrrole nitrogens is 1. The molecule has 0 saturated heterocycles. The first-order valence-electron chi connectivity index (χ1n) is 7.64. The van der Waals surface area contributed by atoms with Crippen LogP contribution in [-0.2, 0) is 11.3 Å². The minimum Gasteiger partial charge on any atom is -0.392 e. The number of nitrogens with one attached hydrogen (secondary N) is 1. The van der Waals surface area contributed by atoms with Gasteiger partial charge in [-0.25, -0.2) is 9.97 Å². The molecule has 3 heterocycles.